The molecule has 18 heavy (non-hydrogen) atoms. The topological polar surface area (TPSA) is 30.5 Å². The number of para-hydroxylation sites is 1. The lowest BCUT2D eigenvalue weighted by Gasteiger charge is -2.34. The van der Waals surface area contributed by atoms with Gasteiger partial charge in [-0.05, 0) is 32.8 Å². The summed E-state index contributed by atoms with van der Waals surface area (Å²) in [7, 11) is 0. The normalized spacial score (nSPS) is 23.9. The van der Waals surface area contributed by atoms with Gasteiger partial charge in [-0.25, -0.2) is 0 Å². The summed E-state index contributed by atoms with van der Waals surface area (Å²) >= 11 is 0. The molecule has 1 fully saturated rings. The highest BCUT2D eigenvalue weighted by atomic mass is 16.5. The molecule has 1 heterocycles. The van der Waals surface area contributed by atoms with Gasteiger partial charge in [0.1, 0.15) is 5.75 Å². The SMILES string of the molecule is CCOc1ccccc1CNC1(C)CCCOC1. The van der Waals surface area contributed by atoms with Crippen molar-refractivity contribution in [2.24, 2.45) is 0 Å². The maximum absolute atomic E-state index is 5.64. The van der Waals surface area contributed by atoms with Crippen LogP contribution in [0.25, 0.3) is 0 Å². The van der Waals surface area contributed by atoms with Gasteiger partial charge in [-0.3, -0.25) is 0 Å². The smallest absolute Gasteiger partial charge is 0.123 e. The summed E-state index contributed by atoms with van der Waals surface area (Å²) in [5.74, 6) is 0.979. The summed E-state index contributed by atoms with van der Waals surface area (Å²) < 4.78 is 11.2. The second-order valence-electron chi connectivity index (χ2n) is 5.11. The zero-order valence-electron chi connectivity index (χ0n) is 11.4. The Balaban J connectivity index is 1.96. The molecule has 1 unspecified atom stereocenters. The van der Waals surface area contributed by atoms with Crippen LogP contribution >= 0.6 is 0 Å². The largest absolute Gasteiger partial charge is 0.494 e. The van der Waals surface area contributed by atoms with Gasteiger partial charge in [-0.2, -0.15) is 0 Å². The first-order valence-corrected chi connectivity index (χ1v) is 6.77. The molecule has 2 rings (SSSR count). The molecule has 3 nitrogen and oxygen atoms in total. The summed E-state index contributed by atoms with van der Waals surface area (Å²) in [5.41, 5.74) is 1.31. The Kier molecular flexibility index (Phi) is 4.61. The van der Waals surface area contributed by atoms with Gasteiger partial charge in [0.25, 0.3) is 0 Å². The van der Waals surface area contributed by atoms with Crippen molar-refractivity contribution >= 4 is 0 Å². The molecule has 0 bridgehead atoms. The Morgan fingerprint density at radius 2 is 2.22 bits per heavy atom. The van der Waals surface area contributed by atoms with E-state index in [1.54, 1.807) is 0 Å². The second-order valence-corrected chi connectivity index (χ2v) is 5.11. The molecule has 1 aliphatic rings. The molecular formula is C15H23NO2. The van der Waals surface area contributed by atoms with E-state index in [1.807, 2.05) is 19.1 Å². The van der Waals surface area contributed by atoms with Crippen LogP contribution in [0.3, 0.4) is 0 Å². The lowest BCUT2D eigenvalue weighted by molar-refractivity contribution is 0.0277. The van der Waals surface area contributed by atoms with Gasteiger partial charge in [0, 0.05) is 24.3 Å². The molecule has 1 N–H and O–H groups in total. The summed E-state index contributed by atoms with van der Waals surface area (Å²) in [6, 6.07) is 8.21. The zero-order chi connectivity index (χ0) is 12.8. The lowest BCUT2D eigenvalue weighted by atomic mass is 9.94. The van der Waals surface area contributed by atoms with Crippen molar-refractivity contribution in [1.29, 1.82) is 0 Å². The molecule has 0 aliphatic carbocycles. The molecule has 0 saturated carbocycles. The van der Waals surface area contributed by atoms with Crippen molar-refractivity contribution in [2.75, 3.05) is 19.8 Å². The molecule has 100 valence electrons. The van der Waals surface area contributed by atoms with Gasteiger partial charge in [0.05, 0.1) is 13.2 Å². The summed E-state index contributed by atoms with van der Waals surface area (Å²) in [4.78, 5) is 0. The van der Waals surface area contributed by atoms with Crippen molar-refractivity contribution in [1.82, 2.24) is 5.32 Å². The van der Waals surface area contributed by atoms with E-state index < -0.39 is 0 Å². The first-order chi connectivity index (χ1) is 8.73. The maximum Gasteiger partial charge on any atom is 0.123 e. The first-order valence-electron chi connectivity index (χ1n) is 6.77. The standard InChI is InChI=1S/C15H23NO2/c1-3-18-14-8-5-4-7-13(14)11-16-15(2)9-6-10-17-12-15/h4-5,7-8,16H,3,6,9-12H2,1-2H3. The van der Waals surface area contributed by atoms with Crippen LogP contribution in [0.5, 0.6) is 5.75 Å². The average molecular weight is 249 g/mol. The quantitative estimate of drug-likeness (QED) is 0.870. The molecule has 1 saturated heterocycles. The van der Waals surface area contributed by atoms with Crippen LogP contribution in [-0.4, -0.2) is 25.4 Å². The van der Waals surface area contributed by atoms with Crippen LogP contribution < -0.4 is 10.1 Å². The first kappa shape index (κ1) is 13.4. The van der Waals surface area contributed by atoms with E-state index >= 15 is 0 Å². The Bertz CT molecular complexity index is 373. The number of benzene rings is 1. The van der Waals surface area contributed by atoms with E-state index in [4.69, 9.17) is 9.47 Å². The zero-order valence-corrected chi connectivity index (χ0v) is 11.4. The molecule has 0 aromatic heterocycles. The molecular weight excluding hydrogens is 226 g/mol. The minimum Gasteiger partial charge on any atom is -0.494 e. The van der Waals surface area contributed by atoms with Gasteiger partial charge < -0.3 is 14.8 Å². The predicted molar refractivity (Wildman–Crippen MR) is 72.9 cm³/mol. The number of ether oxygens (including phenoxy) is 2. The van der Waals surface area contributed by atoms with E-state index in [1.165, 1.54) is 12.0 Å². The minimum absolute atomic E-state index is 0.0948. The maximum atomic E-state index is 5.64. The Hall–Kier alpha value is -1.06. The fourth-order valence-electron chi connectivity index (χ4n) is 2.33. The highest BCUT2D eigenvalue weighted by molar-refractivity contribution is 5.33. The molecule has 3 heteroatoms. The fourth-order valence-corrected chi connectivity index (χ4v) is 2.33. The van der Waals surface area contributed by atoms with Crippen LogP contribution in [0.4, 0.5) is 0 Å². The predicted octanol–water partition coefficient (Wildman–Crippen LogP) is 2.74. The van der Waals surface area contributed by atoms with E-state index in [0.717, 1.165) is 31.9 Å². The van der Waals surface area contributed by atoms with Gasteiger partial charge in [-0.1, -0.05) is 18.2 Å². The van der Waals surface area contributed by atoms with E-state index in [2.05, 4.69) is 24.4 Å². The summed E-state index contributed by atoms with van der Waals surface area (Å²) in [6.45, 7) is 7.47. The number of hydrogen-bond acceptors (Lipinski definition) is 3. The van der Waals surface area contributed by atoms with Crippen molar-refractivity contribution in [3.8, 4) is 5.75 Å². The monoisotopic (exact) mass is 249 g/mol. The van der Waals surface area contributed by atoms with Crippen LogP contribution in [0.1, 0.15) is 32.3 Å². The van der Waals surface area contributed by atoms with Gasteiger partial charge >= 0.3 is 0 Å². The lowest BCUT2D eigenvalue weighted by Crippen LogP contribution is -2.48. The van der Waals surface area contributed by atoms with E-state index in [-0.39, 0.29) is 5.54 Å². The molecule has 1 aromatic carbocycles. The van der Waals surface area contributed by atoms with Crippen LogP contribution in [0.2, 0.25) is 0 Å². The summed E-state index contributed by atoms with van der Waals surface area (Å²) in [6.07, 6.45) is 2.31. The Morgan fingerprint density at radius 1 is 1.39 bits per heavy atom. The molecule has 1 aromatic rings. The number of hydrogen-bond donors (Lipinski definition) is 1. The Labute approximate surface area is 109 Å². The molecule has 0 amide bonds. The van der Waals surface area contributed by atoms with Crippen LogP contribution in [-0.2, 0) is 11.3 Å². The van der Waals surface area contributed by atoms with E-state index in [0.29, 0.717) is 6.61 Å². The summed E-state index contributed by atoms with van der Waals surface area (Å²) in [5, 5.41) is 3.61. The third kappa shape index (κ3) is 3.47. The van der Waals surface area contributed by atoms with Gasteiger partial charge in [0.15, 0.2) is 0 Å². The number of nitrogens with one attached hydrogen (secondary N) is 1. The van der Waals surface area contributed by atoms with Crippen molar-refractivity contribution in [2.45, 2.75) is 38.8 Å². The van der Waals surface area contributed by atoms with E-state index in [9.17, 15) is 0 Å². The average Bonchev–Trinajstić information content (AvgIpc) is 2.39. The molecule has 1 atom stereocenters. The minimum atomic E-state index is 0.0948. The van der Waals surface area contributed by atoms with Crippen molar-refractivity contribution in [3.63, 3.8) is 0 Å². The third-order valence-electron chi connectivity index (χ3n) is 3.42. The van der Waals surface area contributed by atoms with Crippen molar-refractivity contribution in [3.05, 3.63) is 29.8 Å². The van der Waals surface area contributed by atoms with Crippen LogP contribution in [0, 0.1) is 0 Å². The molecule has 0 spiro atoms. The number of rotatable bonds is 5. The third-order valence-corrected chi connectivity index (χ3v) is 3.42. The van der Waals surface area contributed by atoms with Crippen molar-refractivity contribution < 1.29 is 9.47 Å². The second kappa shape index (κ2) is 6.21. The molecule has 1 aliphatic heterocycles. The van der Waals surface area contributed by atoms with Crippen LogP contribution in [0.15, 0.2) is 24.3 Å². The highest BCUT2D eigenvalue weighted by Gasteiger charge is 2.26. The van der Waals surface area contributed by atoms with Gasteiger partial charge in [-0.15, -0.1) is 0 Å². The molecule has 0 radical (unpaired) electrons. The highest BCUT2D eigenvalue weighted by Crippen LogP contribution is 2.22. The Morgan fingerprint density at radius 3 is 2.94 bits per heavy atom. The fraction of sp³-hybridized carbons (Fsp3) is 0.600. The van der Waals surface area contributed by atoms with Gasteiger partial charge in [0.2, 0.25) is 0 Å².